The molecule has 8 nitrogen and oxygen atoms in total. The van der Waals surface area contributed by atoms with Crippen LogP contribution in [-0.4, -0.2) is 35.4 Å². The summed E-state index contributed by atoms with van der Waals surface area (Å²) in [5.41, 5.74) is 1.89. The summed E-state index contributed by atoms with van der Waals surface area (Å²) < 4.78 is 10.3. The molecule has 0 spiro atoms. The Morgan fingerprint density at radius 2 is 1.97 bits per heavy atom. The van der Waals surface area contributed by atoms with Crippen molar-refractivity contribution in [2.75, 3.05) is 6.61 Å². The van der Waals surface area contributed by atoms with Crippen LogP contribution in [0, 0.1) is 0 Å². The lowest BCUT2D eigenvalue weighted by Gasteiger charge is -2.17. The third kappa shape index (κ3) is 5.04. The van der Waals surface area contributed by atoms with Crippen molar-refractivity contribution in [2.45, 2.75) is 32.9 Å². The van der Waals surface area contributed by atoms with Crippen molar-refractivity contribution >= 4 is 28.7 Å². The number of H-pyrrole nitrogens is 1. The molecule has 8 heteroatoms. The number of ether oxygens (including phenoxy) is 1. The molecule has 0 saturated heterocycles. The molecule has 0 aliphatic rings. The largest absolute Gasteiger partial charge is 0.460 e. The van der Waals surface area contributed by atoms with Gasteiger partial charge in [-0.1, -0.05) is 18.2 Å². The Bertz CT molecular complexity index is 1020. The molecule has 0 radical (unpaired) electrons. The number of carbonyl (C=O) groups is 3. The number of esters is 1. The third-order valence-corrected chi connectivity index (χ3v) is 4.37. The topological polar surface area (TPSA) is 113 Å². The fraction of sp³-hybridized carbons (Fsp3) is 0.286. The summed E-state index contributed by atoms with van der Waals surface area (Å²) >= 11 is 0. The van der Waals surface area contributed by atoms with Gasteiger partial charge < -0.3 is 24.8 Å². The van der Waals surface area contributed by atoms with E-state index in [0.29, 0.717) is 12.2 Å². The van der Waals surface area contributed by atoms with Crippen LogP contribution in [0.15, 0.2) is 47.0 Å². The van der Waals surface area contributed by atoms with Crippen molar-refractivity contribution in [1.29, 1.82) is 0 Å². The Hall–Kier alpha value is -3.55. The molecule has 1 atom stereocenters. The quantitative estimate of drug-likeness (QED) is 0.505. The molecule has 2 aromatic heterocycles. The lowest BCUT2D eigenvalue weighted by Crippen LogP contribution is -2.47. The first-order chi connectivity index (χ1) is 14.0. The fourth-order valence-electron chi connectivity index (χ4n) is 3.06. The molecule has 3 rings (SSSR count). The smallest absolute Gasteiger partial charge is 0.374 e. The Kier molecular flexibility index (Phi) is 6.33. The van der Waals surface area contributed by atoms with E-state index >= 15 is 0 Å². The molecule has 2 amide bonds. The van der Waals surface area contributed by atoms with E-state index in [9.17, 15) is 14.4 Å². The number of hydrogen-bond donors (Lipinski definition) is 3. The summed E-state index contributed by atoms with van der Waals surface area (Å²) in [6.45, 7) is 3.41. The molecule has 0 unspecified atom stereocenters. The highest BCUT2D eigenvalue weighted by Gasteiger charge is 2.22. The lowest BCUT2D eigenvalue weighted by atomic mass is 10.0. The van der Waals surface area contributed by atoms with E-state index in [1.54, 1.807) is 13.0 Å². The maximum Gasteiger partial charge on any atom is 0.374 e. The number of benzene rings is 1. The highest BCUT2D eigenvalue weighted by atomic mass is 16.5. The SMILES string of the molecule is CCOC(=O)c1ccc(CNC(=O)[C@@H](Cc2c[nH]c3ccccc23)NC(C)=O)o1. The molecule has 3 N–H and O–H groups in total. The van der Waals surface area contributed by atoms with Crippen LogP contribution in [0.2, 0.25) is 0 Å². The average molecular weight is 397 g/mol. The molecule has 0 bridgehead atoms. The molecule has 0 saturated carbocycles. The highest BCUT2D eigenvalue weighted by Crippen LogP contribution is 2.19. The summed E-state index contributed by atoms with van der Waals surface area (Å²) in [4.78, 5) is 39.1. The molecule has 3 aromatic rings. The van der Waals surface area contributed by atoms with Gasteiger partial charge in [-0.15, -0.1) is 0 Å². The fourth-order valence-corrected chi connectivity index (χ4v) is 3.06. The van der Waals surface area contributed by atoms with Crippen LogP contribution in [0.3, 0.4) is 0 Å². The molecule has 0 aliphatic heterocycles. The van der Waals surface area contributed by atoms with Crippen LogP contribution in [0.25, 0.3) is 10.9 Å². The summed E-state index contributed by atoms with van der Waals surface area (Å²) in [5.74, 6) is -0.712. The van der Waals surface area contributed by atoms with Crippen molar-refractivity contribution in [3.05, 3.63) is 59.7 Å². The minimum Gasteiger partial charge on any atom is -0.460 e. The van der Waals surface area contributed by atoms with Crippen LogP contribution in [0.4, 0.5) is 0 Å². The van der Waals surface area contributed by atoms with E-state index in [4.69, 9.17) is 9.15 Å². The van der Waals surface area contributed by atoms with E-state index in [0.717, 1.165) is 16.5 Å². The molecule has 1 aromatic carbocycles. The number of para-hydroxylation sites is 1. The second-order valence-corrected chi connectivity index (χ2v) is 6.52. The number of furan rings is 1. The third-order valence-electron chi connectivity index (χ3n) is 4.37. The minimum atomic E-state index is -0.744. The first-order valence-corrected chi connectivity index (χ1v) is 9.33. The monoisotopic (exact) mass is 397 g/mol. The summed E-state index contributed by atoms with van der Waals surface area (Å²) in [7, 11) is 0. The summed E-state index contributed by atoms with van der Waals surface area (Å²) in [6.07, 6.45) is 2.17. The van der Waals surface area contributed by atoms with Gasteiger partial charge in [-0.25, -0.2) is 4.79 Å². The van der Waals surface area contributed by atoms with E-state index in [1.807, 2.05) is 30.5 Å². The zero-order valence-corrected chi connectivity index (χ0v) is 16.3. The van der Waals surface area contributed by atoms with Gasteiger partial charge in [0.15, 0.2) is 0 Å². The van der Waals surface area contributed by atoms with Crippen molar-refractivity contribution < 1.29 is 23.5 Å². The first-order valence-electron chi connectivity index (χ1n) is 9.33. The Morgan fingerprint density at radius 3 is 2.72 bits per heavy atom. The van der Waals surface area contributed by atoms with Crippen LogP contribution in [0.5, 0.6) is 0 Å². The molecule has 29 heavy (non-hydrogen) atoms. The van der Waals surface area contributed by atoms with Crippen molar-refractivity contribution in [3.8, 4) is 0 Å². The normalized spacial score (nSPS) is 11.8. The maximum atomic E-state index is 12.7. The molecular weight excluding hydrogens is 374 g/mol. The van der Waals surface area contributed by atoms with Gasteiger partial charge in [0.1, 0.15) is 11.8 Å². The average Bonchev–Trinajstić information content (AvgIpc) is 3.33. The van der Waals surface area contributed by atoms with Crippen LogP contribution < -0.4 is 10.6 Å². The standard InChI is InChI=1S/C21H23N3O5/c1-3-28-21(27)19-9-8-15(29-19)12-23-20(26)18(24-13(2)25)10-14-11-22-17-7-5-4-6-16(14)17/h4-9,11,18,22H,3,10,12H2,1-2H3,(H,23,26)(H,24,25)/t18-/m1/s1. The molecule has 0 aliphatic carbocycles. The Morgan fingerprint density at radius 1 is 1.17 bits per heavy atom. The number of amides is 2. The van der Waals surface area contributed by atoms with Gasteiger partial charge >= 0.3 is 5.97 Å². The molecular formula is C21H23N3O5. The predicted octanol–water partition coefficient (Wildman–Crippen LogP) is 2.30. The number of fused-ring (bicyclic) bond motifs is 1. The molecule has 152 valence electrons. The van der Waals surface area contributed by atoms with E-state index in [2.05, 4.69) is 15.6 Å². The van der Waals surface area contributed by atoms with Crippen LogP contribution in [0.1, 0.15) is 35.7 Å². The van der Waals surface area contributed by atoms with Crippen molar-refractivity contribution in [3.63, 3.8) is 0 Å². The Balaban J connectivity index is 1.66. The van der Waals surface area contributed by atoms with Gasteiger partial charge in [-0.3, -0.25) is 9.59 Å². The van der Waals surface area contributed by atoms with E-state index in [1.165, 1.54) is 13.0 Å². The minimum absolute atomic E-state index is 0.0771. The Labute approximate surface area is 167 Å². The summed E-state index contributed by atoms with van der Waals surface area (Å²) in [6, 6.07) is 10.1. The number of carbonyl (C=O) groups excluding carboxylic acids is 3. The van der Waals surface area contributed by atoms with E-state index in [-0.39, 0.29) is 30.7 Å². The summed E-state index contributed by atoms with van der Waals surface area (Å²) in [5, 5.41) is 6.43. The highest BCUT2D eigenvalue weighted by molar-refractivity contribution is 5.89. The van der Waals surface area contributed by atoms with Gasteiger partial charge in [0, 0.05) is 30.4 Å². The molecule has 2 heterocycles. The van der Waals surface area contributed by atoms with Crippen LogP contribution in [-0.2, 0) is 27.3 Å². The second kappa shape index (κ2) is 9.09. The number of aromatic nitrogens is 1. The molecule has 0 fully saturated rings. The van der Waals surface area contributed by atoms with Crippen molar-refractivity contribution in [1.82, 2.24) is 15.6 Å². The van der Waals surface area contributed by atoms with Gasteiger partial charge in [-0.05, 0) is 30.7 Å². The van der Waals surface area contributed by atoms with Crippen molar-refractivity contribution in [2.24, 2.45) is 0 Å². The van der Waals surface area contributed by atoms with Gasteiger partial charge in [0.2, 0.25) is 17.6 Å². The van der Waals surface area contributed by atoms with E-state index < -0.39 is 12.0 Å². The number of rotatable bonds is 8. The second-order valence-electron chi connectivity index (χ2n) is 6.52. The van der Waals surface area contributed by atoms with Gasteiger partial charge in [-0.2, -0.15) is 0 Å². The first kappa shape index (κ1) is 20.2. The predicted molar refractivity (Wildman–Crippen MR) is 106 cm³/mol. The number of nitrogens with one attached hydrogen (secondary N) is 3. The zero-order valence-electron chi connectivity index (χ0n) is 16.3. The zero-order chi connectivity index (χ0) is 20.8. The van der Waals surface area contributed by atoms with Gasteiger partial charge in [0.05, 0.1) is 13.2 Å². The van der Waals surface area contributed by atoms with Gasteiger partial charge in [0.25, 0.3) is 0 Å². The van der Waals surface area contributed by atoms with Crippen LogP contribution >= 0.6 is 0 Å². The number of hydrogen-bond acceptors (Lipinski definition) is 5. The maximum absolute atomic E-state index is 12.7. The lowest BCUT2D eigenvalue weighted by molar-refractivity contribution is -0.128. The number of aromatic amines is 1.